The minimum atomic E-state index is -4.96. The molecule has 4 rings (SSSR count). The number of nitrogens with two attached hydrogens (primary N) is 1. The van der Waals surface area contributed by atoms with Gasteiger partial charge in [-0.2, -0.15) is 26.3 Å². The number of nitrogens with zero attached hydrogens (tertiary/aromatic N) is 5. The molecule has 2 aromatic heterocycles. The predicted octanol–water partition coefficient (Wildman–Crippen LogP) is 5.07. The Balaban J connectivity index is 1.94. The topological polar surface area (TPSA) is 108 Å². The number of halogens is 7. The number of anilines is 2. The van der Waals surface area contributed by atoms with Gasteiger partial charge in [-0.25, -0.2) is 19.7 Å². The molecule has 0 saturated carbocycles. The van der Waals surface area contributed by atoms with Gasteiger partial charge >= 0.3 is 18.4 Å². The maximum absolute atomic E-state index is 13.8. The van der Waals surface area contributed by atoms with Crippen LogP contribution in [-0.4, -0.2) is 57.2 Å². The molecule has 0 atom stereocenters. The van der Waals surface area contributed by atoms with Gasteiger partial charge in [0.15, 0.2) is 0 Å². The Bertz CT molecular complexity index is 1360. The molecule has 15 heteroatoms. The third-order valence-corrected chi connectivity index (χ3v) is 5.96. The van der Waals surface area contributed by atoms with E-state index < -0.39 is 35.5 Å². The summed E-state index contributed by atoms with van der Waals surface area (Å²) in [5.74, 6) is -1.91. The zero-order valence-electron chi connectivity index (χ0n) is 18.4. The Morgan fingerprint density at radius 2 is 1.64 bits per heavy atom. The Morgan fingerprint density at radius 1 is 1.00 bits per heavy atom. The molecule has 0 radical (unpaired) electrons. The fraction of sp³-hybridized carbons (Fsp3) is 0.333. The number of carbonyl (C=O) groups is 1. The van der Waals surface area contributed by atoms with Crippen LogP contribution in [0.25, 0.3) is 22.2 Å². The molecule has 1 aromatic carbocycles. The molecule has 8 nitrogen and oxygen atoms in total. The number of fused-ring (bicyclic) bond motifs is 1. The van der Waals surface area contributed by atoms with Crippen LogP contribution in [0.4, 0.5) is 42.8 Å². The summed E-state index contributed by atoms with van der Waals surface area (Å²) < 4.78 is 82.4. The zero-order valence-corrected chi connectivity index (χ0v) is 19.1. The van der Waals surface area contributed by atoms with Gasteiger partial charge in [0, 0.05) is 37.1 Å². The first kappa shape index (κ1) is 25.5. The molecular formula is C21H17ClF6N6O2. The number of benzene rings is 1. The smallest absolute Gasteiger partial charge is 0.451 e. The fourth-order valence-corrected chi connectivity index (χ4v) is 4.30. The summed E-state index contributed by atoms with van der Waals surface area (Å²) in [5, 5.41) is 8.95. The number of carboxylic acid groups (broad SMARTS) is 1. The van der Waals surface area contributed by atoms with Crippen molar-refractivity contribution in [3.8, 4) is 11.3 Å². The van der Waals surface area contributed by atoms with E-state index in [4.69, 9.17) is 22.4 Å². The van der Waals surface area contributed by atoms with Gasteiger partial charge in [0.05, 0.1) is 21.8 Å². The summed E-state index contributed by atoms with van der Waals surface area (Å²) >= 11 is 6.34. The molecule has 0 unspecified atom stereocenters. The number of piperazine rings is 1. The lowest BCUT2D eigenvalue weighted by atomic mass is 9.99. The van der Waals surface area contributed by atoms with Gasteiger partial charge in [0.2, 0.25) is 5.82 Å². The minimum Gasteiger partial charge on any atom is -0.465 e. The van der Waals surface area contributed by atoms with E-state index in [2.05, 4.69) is 15.0 Å². The third kappa shape index (κ3) is 4.76. The molecule has 1 aliphatic rings. The van der Waals surface area contributed by atoms with E-state index >= 15 is 0 Å². The van der Waals surface area contributed by atoms with Crippen LogP contribution in [0, 0.1) is 6.92 Å². The lowest BCUT2D eigenvalue weighted by Gasteiger charge is -2.34. The van der Waals surface area contributed by atoms with Crippen LogP contribution in [0.1, 0.15) is 17.0 Å². The van der Waals surface area contributed by atoms with Crippen molar-refractivity contribution in [2.24, 2.45) is 0 Å². The molecule has 192 valence electrons. The number of aryl methyl sites for hydroxylation is 1. The number of alkyl halides is 6. The molecule has 0 spiro atoms. The van der Waals surface area contributed by atoms with Crippen LogP contribution in [0.5, 0.6) is 0 Å². The van der Waals surface area contributed by atoms with Crippen LogP contribution < -0.4 is 10.6 Å². The van der Waals surface area contributed by atoms with Gasteiger partial charge in [0.1, 0.15) is 11.6 Å². The monoisotopic (exact) mass is 534 g/mol. The second-order valence-corrected chi connectivity index (χ2v) is 8.47. The molecule has 1 fully saturated rings. The van der Waals surface area contributed by atoms with E-state index in [0.29, 0.717) is 0 Å². The normalized spacial score (nSPS) is 15.0. The third-order valence-electron chi connectivity index (χ3n) is 5.64. The summed E-state index contributed by atoms with van der Waals surface area (Å²) in [6.45, 7) is 1.26. The maximum atomic E-state index is 13.8. The summed E-state index contributed by atoms with van der Waals surface area (Å²) in [7, 11) is 0. The van der Waals surface area contributed by atoms with Gasteiger partial charge in [-0.05, 0) is 30.7 Å². The van der Waals surface area contributed by atoms with Crippen molar-refractivity contribution in [2.75, 3.05) is 36.8 Å². The highest BCUT2D eigenvalue weighted by Gasteiger charge is 2.39. The quantitative estimate of drug-likeness (QED) is 0.442. The van der Waals surface area contributed by atoms with Gasteiger partial charge in [0.25, 0.3) is 0 Å². The van der Waals surface area contributed by atoms with E-state index in [-0.39, 0.29) is 64.9 Å². The Morgan fingerprint density at radius 3 is 2.19 bits per heavy atom. The van der Waals surface area contributed by atoms with E-state index in [1.54, 1.807) is 0 Å². The number of aromatic nitrogens is 3. The largest absolute Gasteiger partial charge is 0.465 e. The average molecular weight is 535 g/mol. The van der Waals surface area contributed by atoms with Crippen molar-refractivity contribution in [1.82, 2.24) is 19.9 Å². The molecule has 1 amide bonds. The van der Waals surface area contributed by atoms with Crippen molar-refractivity contribution in [2.45, 2.75) is 19.3 Å². The molecule has 0 aliphatic carbocycles. The van der Waals surface area contributed by atoms with E-state index in [9.17, 15) is 31.1 Å². The van der Waals surface area contributed by atoms with E-state index in [1.807, 2.05) is 0 Å². The SMILES string of the molecule is Cc1cc(N)nc(-c2cc3nc(C(F)(F)F)nc(N4CCN(C(=O)O)CC4)c3cc2Cl)c1C(F)(F)F. The first-order valence-corrected chi connectivity index (χ1v) is 10.7. The molecule has 36 heavy (non-hydrogen) atoms. The van der Waals surface area contributed by atoms with Gasteiger partial charge in [-0.3, -0.25) is 0 Å². The summed E-state index contributed by atoms with van der Waals surface area (Å²) in [6, 6.07) is 3.19. The Kier molecular flexibility index (Phi) is 6.27. The number of rotatable bonds is 2. The second kappa shape index (κ2) is 8.84. The Labute approximate surface area is 204 Å². The lowest BCUT2D eigenvalue weighted by molar-refractivity contribution is -0.144. The predicted molar refractivity (Wildman–Crippen MR) is 119 cm³/mol. The molecule has 1 aliphatic heterocycles. The highest BCUT2D eigenvalue weighted by molar-refractivity contribution is 6.34. The standard InChI is InChI=1S/C21H17ClF6N6O2/c1-9-6-14(29)31-16(15(9)20(23,24)25)10-8-13-11(7-12(10)22)17(32-18(30-13)21(26,27)28)33-2-4-34(5-3-33)19(35)36/h6-8H,2-5H2,1H3,(H2,29,31)(H,35,36). The second-order valence-electron chi connectivity index (χ2n) is 8.06. The van der Waals surface area contributed by atoms with Crippen LogP contribution in [0.3, 0.4) is 0 Å². The molecule has 3 heterocycles. The maximum Gasteiger partial charge on any atom is 0.451 e. The van der Waals surface area contributed by atoms with Gasteiger partial charge < -0.3 is 20.6 Å². The summed E-state index contributed by atoms with van der Waals surface area (Å²) in [6.07, 6.45) is -11.0. The first-order valence-electron chi connectivity index (χ1n) is 10.3. The first-order chi connectivity index (χ1) is 16.7. The fourth-order valence-electron chi connectivity index (χ4n) is 4.04. The molecule has 3 aromatic rings. The lowest BCUT2D eigenvalue weighted by Crippen LogP contribution is -2.48. The molecule has 0 bridgehead atoms. The zero-order chi connectivity index (χ0) is 26.6. The van der Waals surface area contributed by atoms with E-state index in [0.717, 1.165) is 17.0 Å². The summed E-state index contributed by atoms with van der Waals surface area (Å²) in [5.41, 5.74) is 3.02. The minimum absolute atomic E-state index is 0.00935. The van der Waals surface area contributed by atoms with Gasteiger partial charge in [-0.1, -0.05) is 11.6 Å². The number of hydrogen-bond acceptors (Lipinski definition) is 6. The van der Waals surface area contributed by atoms with Crippen LogP contribution in [0.15, 0.2) is 18.2 Å². The molecular weight excluding hydrogens is 518 g/mol. The van der Waals surface area contributed by atoms with Crippen molar-refractivity contribution in [1.29, 1.82) is 0 Å². The van der Waals surface area contributed by atoms with Gasteiger partial charge in [-0.15, -0.1) is 0 Å². The Hall–Kier alpha value is -3.55. The molecule has 1 saturated heterocycles. The van der Waals surface area contributed by atoms with Crippen LogP contribution in [0.2, 0.25) is 5.02 Å². The van der Waals surface area contributed by atoms with Crippen LogP contribution >= 0.6 is 11.6 Å². The van der Waals surface area contributed by atoms with Crippen molar-refractivity contribution in [3.63, 3.8) is 0 Å². The summed E-state index contributed by atoms with van der Waals surface area (Å²) in [4.78, 5) is 24.7. The van der Waals surface area contributed by atoms with Crippen molar-refractivity contribution < 1.29 is 36.2 Å². The number of nitrogen functional groups attached to an aromatic ring is 1. The molecule has 3 N–H and O–H groups in total. The van der Waals surface area contributed by atoms with Crippen molar-refractivity contribution >= 4 is 40.2 Å². The van der Waals surface area contributed by atoms with Crippen LogP contribution in [-0.2, 0) is 12.4 Å². The number of amides is 1. The highest BCUT2D eigenvalue weighted by Crippen LogP contribution is 2.43. The number of hydrogen-bond donors (Lipinski definition) is 2. The average Bonchev–Trinajstić information content (AvgIpc) is 2.76. The highest BCUT2D eigenvalue weighted by atomic mass is 35.5. The van der Waals surface area contributed by atoms with Crippen molar-refractivity contribution in [3.05, 3.63) is 40.2 Å². The van der Waals surface area contributed by atoms with E-state index in [1.165, 1.54) is 17.9 Å². The number of pyridine rings is 1.